The summed E-state index contributed by atoms with van der Waals surface area (Å²) in [4.78, 5) is 11.9. The van der Waals surface area contributed by atoms with Crippen LogP contribution < -0.4 is 5.32 Å². The lowest BCUT2D eigenvalue weighted by Crippen LogP contribution is -2.47. The standard InChI is InChI=1S/C13H17NO/c1-10(12-8-14-9-12)13(15)7-11-5-3-2-4-6-11/h2-6,10,12,14H,7-9H2,1H3. The fraction of sp³-hybridized carbons (Fsp3) is 0.462. The number of ketones is 1. The third-order valence-electron chi connectivity index (χ3n) is 3.25. The number of benzene rings is 1. The number of carbonyl (C=O) groups is 1. The first kappa shape index (κ1) is 10.4. The van der Waals surface area contributed by atoms with Gasteiger partial charge < -0.3 is 5.32 Å². The van der Waals surface area contributed by atoms with Crippen LogP contribution in [0, 0.1) is 11.8 Å². The highest BCUT2D eigenvalue weighted by Crippen LogP contribution is 2.18. The normalized spacial score (nSPS) is 18.2. The SMILES string of the molecule is CC(C(=O)Cc1ccccc1)C1CNC1. The summed E-state index contributed by atoms with van der Waals surface area (Å²) in [7, 11) is 0. The zero-order valence-electron chi connectivity index (χ0n) is 9.07. The van der Waals surface area contributed by atoms with Crippen LogP contribution in [0.4, 0.5) is 0 Å². The molecule has 1 heterocycles. The molecule has 1 aromatic carbocycles. The van der Waals surface area contributed by atoms with Gasteiger partial charge in [0.05, 0.1) is 0 Å². The van der Waals surface area contributed by atoms with Crippen molar-refractivity contribution in [3.8, 4) is 0 Å². The zero-order valence-corrected chi connectivity index (χ0v) is 9.07. The van der Waals surface area contributed by atoms with Gasteiger partial charge in [-0.15, -0.1) is 0 Å². The number of nitrogens with one attached hydrogen (secondary N) is 1. The maximum absolute atomic E-state index is 11.9. The van der Waals surface area contributed by atoms with Gasteiger partial charge in [-0.2, -0.15) is 0 Å². The molecule has 1 aromatic rings. The summed E-state index contributed by atoms with van der Waals surface area (Å²) in [5, 5.41) is 3.21. The van der Waals surface area contributed by atoms with Crippen LogP contribution in [0.15, 0.2) is 30.3 Å². The Kier molecular flexibility index (Phi) is 3.17. The van der Waals surface area contributed by atoms with E-state index in [0.29, 0.717) is 18.1 Å². The quantitative estimate of drug-likeness (QED) is 0.806. The molecule has 1 fully saturated rings. The minimum absolute atomic E-state index is 0.200. The molecule has 0 saturated carbocycles. The second kappa shape index (κ2) is 4.58. The van der Waals surface area contributed by atoms with Gasteiger partial charge in [-0.1, -0.05) is 37.3 Å². The molecule has 1 atom stereocenters. The summed E-state index contributed by atoms with van der Waals surface area (Å²) in [5.74, 6) is 1.13. The summed E-state index contributed by atoms with van der Waals surface area (Å²) in [5.41, 5.74) is 1.13. The van der Waals surface area contributed by atoms with E-state index >= 15 is 0 Å². The van der Waals surface area contributed by atoms with Crippen LogP contribution in [0.1, 0.15) is 12.5 Å². The lowest BCUT2D eigenvalue weighted by Gasteiger charge is -2.31. The van der Waals surface area contributed by atoms with Crippen LogP contribution in [-0.2, 0) is 11.2 Å². The summed E-state index contributed by atoms with van der Waals surface area (Å²) < 4.78 is 0. The van der Waals surface area contributed by atoms with Gasteiger partial charge >= 0.3 is 0 Å². The molecule has 1 unspecified atom stereocenters. The molecule has 80 valence electrons. The van der Waals surface area contributed by atoms with E-state index in [9.17, 15) is 4.79 Å². The van der Waals surface area contributed by atoms with Crippen LogP contribution in [-0.4, -0.2) is 18.9 Å². The molecule has 2 heteroatoms. The zero-order chi connectivity index (χ0) is 10.7. The third kappa shape index (κ3) is 2.45. The Balaban J connectivity index is 1.91. The Morgan fingerprint density at radius 2 is 2.07 bits per heavy atom. The molecule has 0 amide bonds. The largest absolute Gasteiger partial charge is 0.316 e. The van der Waals surface area contributed by atoms with Gasteiger partial charge in [0.1, 0.15) is 5.78 Å². The summed E-state index contributed by atoms with van der Waals surface area (Å²) >= 11 is 0. The van der Waals surface area contributed by atoms with Gasteiger partial charge in [-0.3, -0.25) is 4.79 Å². The van der Waals surface area contributed by atoms with Crippen molar-refractivity contribution in [3.63, 3.8) is 0 Å². The average Bonchev–Trinajstić information content (AvgIpc) is 2.16. The maximum Gasteiger partial charge on any atom is 0.140 e. The van der Waals surface area contributed by atoms with Gasteiger partial charge in [0.25, 0.3) is 0 Å². The van der Waals surface area contributed by atoms with Crippen molar-refractivity contribution in [2.45, 2.75) is 13.3 Å². The van der Waals surface area contributed by atoms with Gasteiger partial charge in [0, 0.05) is 12.3 Å². The number of carbonyl (C=O) groups excluding carboxylic acids is 1. The predicted molar refractivity (Wildman–Crippen MR) is 60.7 cm³/mol. The molecule has 1 saturated heterocycles. The number of hydrogen-bond acceptors (Lipinski definition) is 2. The molecule has 15 heavy (non-hydrogen) atoms. The lowest BCUT2D eigenvalue weighted by molar-refractivity contribution is -0.123. The summed E-state index contributed by atoms with van der Waals surface area (Å²) in [6, 6.07) is 9.98. The Bertz CT molecular complexity index is 330. The highest BCUT2D eigenvalue weighted by molar-refractivity contribution is 5.83. The molecular formula is C13H17NO. The van der Waals surface area contributed by atoms with E-state index in [2.05, 4.69) is 12.2 Å². The van der Waals surface area contributed by atoms with E-state index in [-0.39, 0.29) is 5.92 Å². The van der Waals surface area contributed by atoms with E-state index in [1.807, 2.05) is 30.3 Å². The molecule has 2 nitrogen and oxygen atoms in total. The Hall–Kier alpha value is -1.15. The molecule has 0 bridgehead atoms. The highest BCUT2D eigenvalue weighted by Gasteiger charge is 2.28. The number of Topliss-reactive ketones (excluding diaryl/α,β-unsaturated/α-hetero) is 1. The summed E-state index contributed by atoms with van der Waals surface area (Å²) in [6.45, 7) is 4.06. The Morgan fingerprint density at radius 3 is 2.60 bits per heavy atom. The van der Waals surface area contributed by atoms with Crippen LogP contribution in [0.2, 0.25) is 0 Å². The van der Waals surface area contributed by atoms with E-state index < -0.39 is 0 Å². The second-order valence-corrected chi connectivity index (χ2v) is 4.34. The van der Waals surface area contributed by atoms with Crippen molar-refractivity contribution in [1.29, 1.82) is 0 Å². The van der Waals surface area contributed by atoms with Gasteiger partial charge in [0.15, 0.2) is 0 Å². The van der Waals surface area contributed by atoms with Crippen LogP contribution in [0.3, 0.4) is 0 Å². The molecule has 1 aliphatic heterocycles. The predicted octanol–water partition coefficient (Wildman–Crippen LogP) is 1.65. The maximum atomic E-state index is 11.9. The van der Waals surface area contributed by atoms with Crippen molar-refractivity contribution in [2.24, 2.45) is 11.8 Å². The van der Waals surface area contributed by atoms with E-state index in [1.54, 1.807) is 0 Å². The fourth-order valence-electron chi connectivity index (χ4n) is 1.89. The third-order valence-corrected chi connectivity index (χ3v) is 3.25. The van der Waals surface area contributed by atoms with Crippen molar-refractivity contribution in [1.82, 2.24) is 5.32 Å². The smallest absolute Gasteiger partial charge is 0.140 e. The molecule has 1 N–H and O–H groups in total. The number of hydrogen-bond donors (Lipinski definition) is 1. The van der Waals surface area contributed by atoms with Gasteiger partial charge in [-0.25, -0.2) is 0 Å². The van der Waals surface area contributed by atoms with Crippen molar-refractivity contribution in [2.75, 3.05) is 13.1 Å². The minimum atomic E-state index is 0.200. The molecule has 0 radical (unpaired) electrons. The molecule has 2 rings (SSSR count). The first-order chi connectivity index (χ1) is 7.27. The average molecular weight is 203 g/mol. The van der Waals surface area contributed by atoms with Gasteiger partial charge in [0.2, 0.25) is 0 Å². The summed E-state index contributed by atoms with van der Waals surface area (Å²) in [6.07, 6.45) is 0.582. The molecular weight excluding hydrogens is 186 g/mol. The van der Waals surface area contributed by atoms with E-state index in [1.165, 1.54) is 0 Å². The fourth-order valence-corrected chi connectivity index (χ4v) is 1.89. The van der Waals surface area contributed by atoms with E-state index in [4.69, 9.17) is 0 Å². The van der Waals surface area contributed by atoms with Crippen molar-refractivity contribution < 1.29 is 4.79 Å². The molecule has 1 aliphatic rings. The molecule has 0 aromatic heterocycles. The molecule has 0 spiro atoms. The molecule has 0 aliphatic carbocycles. The number of rotatable bonds is 4. The second-order valence-electron chi connectivity index (χ2n) is 4.34. The topological polar surface area (TPSA) is 29.1 Å². The minimum Gasteiger partial charge on any atom is -0.316 e. The monoisotopic (exact) mass is 203 g/mol. The first-order valence-electron chi connectivity index (χ1n) is 5.54. The van der Waals surface area contributed by atoms with Gasteiger partial charge in [-0.05, 0) is 24.6 Å². The lowest BCUT2D eigenvalue weighted by atomic mass is 9.84. The first-order valence-corrected chi connectivity index (χ1v) is 5.54. The highest BCUT2D eigenvalue weighted by atomic mass is 16.1. The van der Waals surface area contributed by atoms with E-state index in [0.717, 1.165) is 18.7 Å². The Labute approximate surface area is 90.7 Å². The van der Waals surface area contributed by atoms with Crippen molar-refractivity contribution in [3.05, 3.63) is 35.9 Å². The Morgan fingerprint density at radius 1 is 1.40 bits per heavy atom. The van der Waals surface area contributed by atoms with Crippen LogP contribution in [0.25, 0.3) is 0 Å². The van der Waals surface area contributed by atoms with Crippen LogP contribution in [0.5, 0.6) is 0 Å². The van der Waals surface area contributed by atoms with Crippen molar-refractivity contribution >= 4 is 5.78 Å². The van der Waals surface area contributed by atoms with Crippen LogP contribution >= 0.6 is 0 Å².